The van der Waals surface area contributed by atoms with Crippen LogP contribution in [0.1, 0.15) is 79.9 Å². The molecule has 8 aromatic carbocycles. The molecule has 3 fully saturated rings. The number of nitrogens with one attached hydrogen (secondary N) is 2. The number of amides is 3. The zero-order valence-electron chi connectivity index (χ0n) is 48.7. The third kappa shape index (κ3) is 16.3. The number of sulfonamides is 3. The van der Waals surface area contributed by atoms with Gasteiger partial charge in [-0.15, -0.1) is 0 Å². The summed E-state index contributed by atoms with van der Waals surface area (Å²) in [7, 11) is -11.6. The van der Waals surface area contributed by atoms with Crippen LogP contribution in [0.4, 0.5) is 17.1 Å². The van der Waals surface area contributed by atoms with Gasteiger partial charge in [0, 0.05) is 41.9 Å². The Morgan fingerprint density at radius 1 is 0.438 bits per heavy atom. The highest BCUT2D eigenvalue weighted by molar-refractivity contribution is 7.96. The molecule has 12 rings (SSSR count). The molecule has 3 amide bonds. The van der Waals surface area contributed by atoms with Crippen molar-refractivity contribution in [3.05, 3.63) is 269 Å². The Balaban J connectivity index is 0.000000147. The summed E-state index contributed by atoms with van der Waals surface area (Å²) in [6.07, 6.45) is 6.20. The van der Waals surface area contributed by atoms with E-state index in [1.54, 1.807) is 138 Å². The summed E-state index contributed by atoms with van der Waals surface area (Å²) in [6.45, 7) is 2.27. The molecule has 18 nitrogen and oxygen atoms in total. The van der Waals surface area contributed by atoms with E-state index in [0.717, 1.165) is 55.1 Å². The fourth-order valence-corrected chi connectivity index (χ4v) is 14.0. The molecule has 2 heterocycles. The molecule has 0 radical (unpaired) electrons. The quantitative estimate of drug-likeness (QED) is 0.0728. The average molecular weight is 1260 g/mol. The van der Waals surface area contributed by atoms with Gasteiger partial charge in [-0.05, 0) is 128 Å². The van der Waals surface area contributed by atoms with Gasteiger partial charge in [-0.1, -0.05) is 146 Å². The first kappa shape index (κ1) is 62.8. The zero-order valence-corrected chi connectivity index (χ0v) is 51.1. The Kier molecular flexibility index (Phi) is 20.6. The number of nitrogens with zero attached hydrogens (tertiary/aromatic N) is 4. The lowest BCUT2D eigenvalue weighted by Gasteiger charge is -2.28. The second-order valence-corrected chi connectivity index (χ2v) is 26.9. The maximum atomic E-state index is 13.5. The molecule has 0 bridgehead atoms. The smallest absolute Gasteiger partial charge is 0.300 e. The van der Waals surface area contributed by atoms with E-state index in [1.807, 2.05) is 91.0 Å². The van der Waals surface area contributed by atoms with E-state index in [1.165, 1.54) is 12.9 Å². The van der Waals surface area contributed by atoms with Crippen molar-refractivity contribution < 1.29 is 53.8 Å². The molecule has 0 aromatic heterocycles. The molecule has 8 aromatic rings. The molecule has 21 heteroatoms. The number of rotatable bonds is 20. The van der Waals surface area contributed by atoms with Crippen LogP contribution in [0.3, 0.4) is 0 Å². The minimum absolute atomic E-state index is 0.0824. The van der Waals surface area contributed by atoms with Crippen molar-refractivity contribution in [3.63, 3.8) is 0 Å². The van der Waals surface area contributed by atoms with Crippen LogP contribution in [0.2, 0.25) is 0 Å². The van der Waals surface area contributed by atoms with Gasteiger partial charge < -0.3 is 29.7 Å². The van der Waals surface area contributed by atoms with Crippen molar-refractivity contribution >= 4 is 64.9 Å². The van der Waals surface area contributed by atoms with Crippen molar-refractivity contribution in [1.82, 2.24) is 15.5 Å². The van der Waals surface area contributed by atoms with E-state index in [-0.39, 0.29) is 71.1 Å². The molecule has 2 aliphatic heterocycles. The van der Waals surface area contributed by atoms with Crippen LogP contribution in [-0.2, 0) is 63.9 Å². The van der Waals surface area contributed by atoms with Crippen molar-refractivity contribution in [3.8, 4) is 0 Å². The Morgan fingerprint density at radius 3 is 1.18 bits per heavy atom. The summed E-state index contributed by atoms with van der Waals surface area (Å²) in [5.41, 5.74) is 5.14. The predicted molar refractivity (Wildman–Crippen MR) is 341 cm³/mol. The van der Waals surface area contributed by atoms with Crippen molar-refractivity contribution in [2.45, 2.75) is 73.6 Å². The SMILES string of the molecule is O=C(NC1CC1)c1cccc(N(Cc2ccccc2)S(=O)(=O)c2ccccc2)c1.O=C(NC1CCC1)c1cccc(N(Cc2ccccc2)S(=O)(=O)c2ccccc2)c1.O=C(c1cccc(N(Cc2ccccc2)S(=O)(=O)C2=COCO2)c1)N1CCOCC1. The first-order valence-electron chi connectivity index (χ1n) is 29.2. The standard InChI is InChI=1S/C24H24N2O3S.C23H22N2O3S.C21H22N2O6S/c27-24(25-21-12-8-13-21)20-11-7-14-22(17-20)26(18-19-9-3-1-4-10-19)30(28,29)23-15-5-2-6-16-23;26-23(24-20-14-15-20)19-10-7-11-21(16-19)25(17-18-8-3-1-4-9-18)29(27,28)22-12-5-2-6-13-22;24-21(22-9-11-27-12-10-22)18-7-4-8-19(13-18)23(14-17-5-2-1-3-6-17)30(25,26)20-15-28-16-29-20/h1-7,9-11,14-17,21H,8,12-13,18H2,(H,25,27);1-13,16,20H,14-15,17H2,(H,24,26);1-8,13,15H,9-12,14,16H2. The molecule has 2 aliphatic carbocycles. The minimum Gasteiger partial charge on any atom is -0.460 e. The van der Waals surface area contributed by atoms with Crippen LogP contribution >= 0.6 is 0 Å². The summed E-state index contributed by atoms with van der Waals surface area (Å²) in [5.74, 6) is -0.499. The number of carbonyl (C=O) groups excluding carboxylic acids is 3. The van der Waals surface area contributed by atoms with Crippen molar-refractivity contribution in [2.75, 3.05) is 46.0 Å². The van der Waals surface area contributed by atoms with Crippen molar-refractivity contribution in [2.24, 2.45) is 0 Å². The van der Waals surface area contributed by atoms with Gasteiger partial charge in [0.2, 0.25) is 6.79 Å². The summed E-state index contributed by atoms with van der Waals surface area (Å²) in [4.78, 5) is 40.1. The van der Waals surface area contributed by atoms with Crippen LogP contribution in [0.15, 0.2) is 246 Å². The maximum Gasteiger partial charge on any atom is 0.300 e. The Hall–Kier alpha value is -9.28. The van der Waals surface area contributed by atoms with E-state index in [2.05, 4.69) is 10.6 Å². The molecular weight excluding hydrogens is 1190 g/mol. The van der Waals surface area contributed by atoms with E-state index < -0.39 is 30.1 Å². The second kappa shape index (κ2) is 29.1. The zero-order chi connectivity index (χ0) is 62.2. The number of carbonyl (C=O) groups is 3. The topological polar surface area (TPSA) is 218 Å². The summed E-state index contributed by atoms with van der Waals surface area (Å²) in [5, 5.41) is 5.70. The molecule has 1 saturated heterocycles. The molecule has 2 N–H and O–H groups in total. The molecule has 460 valence electrons. The molecule has 89 heavy (non-hydrogen) atoms. The lowest BCUT2D eigenvalue weighted by molar-refractivity contribution is 0.0303. The monoisotopic (exact) mass is 1260 g/mol. The fraction of sp³-hybridized carbons (Fsp3) is 0.221. The summed E-state index contributed by atoms with van der Waals surface area (Å²) in [6, 6.07) is 65.4. The van der Waals surface area contributed by atoms with Gasteiger partial charge in [-0.3, -0.25) is 27.3 Å². The number of benzene rings is 8. The van der Waals surface area contributed by atoms with Gasteiger partial charge in [-0.2, -0.15) is 8.42 Å². The summed E-state index contributed by atoms with van der Waals surface area (Å²) >= 11 is 0. The van der Waals surface area contributed by atoms with E-state index in [9.17, 15) is 39.6 Å². The Morgan fingerprint density at radius 2 is 0.809 bits per heavy atom. The first-order valence-corrected chi connectivity index (χ1v) is 33.5. The lowest BCUT2D eigenvalue weighted by Crippen LogP contribution is -2.40. The van der Waals surface area contributed by atoms with Crippen LogP contribution in [-0.4, -0.2) is 93.1 Å². The summed E-state index contributed by atoms with van der Waals surface area (Å²) < 4.78 is 99.7. The Labute approximate surface area is 520 Å². The van der Waals surface area contributed by atoms with E-state index in [4.69, 9.17) is 14.2 Å². The number of anilines is 3. The average Bonchev–Trinajstić information content (AvgIpc) is 2.17. The van der Waals surface area contributed by atoms with Crippen LogP contribution in [0, 0.1) is 0 Å². The highest BCUT2D eigenvalue weighted by Crippen LogP contribution is 2.32. The molecule has 4 aliphatic rings. The molecule has 0 atom stereocenters. The molecular formula is C68H68N6O12S3. The van der Waals surface area contributed by atoms with Gasteiger partial charge >= 0.3 is 10.0 Å². The number of hydrogen-bond donors (Lipinski definition) is 2. The molecule has 0 unspecified atom stereocenters. The van der Waals surface area contributed by atoms with E-state index in [0.29, 0.717) is 60.1 Å². The maximum absolute atomic E-state index is 13.5. The van der Waals surface area contributed by atoms with Gasteiger partial charge in [0.1, 0.15) is 6.26 Å². The fourth-order valence-electron chi connectivity index (χ4n) is 9.77. The molecule has 0 spiro atoms. The van der Waals surface area contributed by atoms with Crippen LogP contribution in [0.25, 0.3) is 0 Å². The first-order chi connectivity index (χ1) is 43.1. The van der Waals surface area contributed by atoms with E-state index >= 15 is 0 Å². The predicted octanol–water partition coefficient (Wildman–Crippen LogP) is 10.6. The number of ether oxygens (including phenoxy) is 3. The highest BCUT2D eigenvalue weighted by Gasteiger charge is 2.34. The van der Waals surface area contributed by atoms with Crippen molar-refractivity contribution in [1.29, 1.82) is 0 Å². The van der Waals surface area contributed by atoms with Gasteiger partial charge in [-0.25, -0.2) is 16.8 Å². The minimum atomic E-state index is -4.02. The number of morpholine rings is 1. The Bertz CT molecular complexity index is 4080. The number of hydrogen-bond acceptors (Lipinski definition) is 12. The van der Waals surface area contributed by atoms with Gasteiger partial charge in [0.05, 0.1) is 59.7 Å². The van der Waals surface area contributed by atoms with Gasteiger partial charge in [0.15, 0.2) is 0 Å². The largest absolute Gasteiger partial charge is 0.460 e. The third-order valence-corrected chi connectivity index (χ3v) is 20.2. The van der Waals surface area contributed by atoms with Crippen LogP contribution < -0.4 is 23.5 Å². The molecule has 2 saturated carbocycles. The normalized spacial score (nSPS) is 14.7. The third-order valence-electron chi connectivity index (χ3n) is 15.0. The highest BCUT2D eigenvalue weighted by atomic mass is 32.2. The lowest BCUT2D eigenvalue weighted by atomic mass is 9.93. The van der Waals surface area contributed by atoms with Crippen LogP contribution in [0.5, 0.6) is 0 Å². The second-order valence-electron chi connectivity index (χ2n) is 21.4. The van der Waals surface area contributed by atoms with Gasteiger partial charge in [0.25, 0.3) is 42.9 Å².